The second-order valence-corrected chi connectivity index (χ2v) is 5.25. The highest BCUT2D eigenvalue weighted by Gasteiger charge is 2.40. The molecule has 80 valence electrons. The molecule has 1 fully saturated rings. The van der Waals surface area contributed by atoms with Crippen LogP contribution in [0.4, 0.5) is 5.69 Å². The van der Waals surface area contributed by atoms with Crippen molar-refractivity contribution in [1.29, 1.82) is 0 Å². The number of anilines is 1. The van der Waals surface area contributed by atoms with E-state index in [4.69, 9.17) is 0 Å². The first-order chi connectivity index (χ1) is 7.27. The maximum Gasteiger partial charge on any atom is 0.0398 e. The van der Waals surface area contributed by atoms with Crippen molar-refractivity contribution in [2.45, 2.75) is 32.2 Å². The quantitative estimate of drug-likeness (QED) is 0.675. The number of nitrogens with zero attached hydrogens (tertiary/aromatic N) is 1. The highest BCUT2D eigenvalue weighted by atomic mass is 15.2. The fraction of sp³-hybridized carbons (Fsp3) is 0.571. The Bertz CT molecular complexity index is 367. The van der Waals surface area contributed by atoms with Crippen LogP contribution in [0.15, 0.2) is 24.3 Å². The monoisotopic (exact) mass is 201 g/mol. The molecule has 1 aromatic carbocycles. The topological polar surface area (TPSA) is 3.24 Å². The van der Waals surface area contributed by atoms with Gasteiger partial charge in [-0.2, -0.15) is 0 Å². The van der Waals surface area contributed by atoms with Gasteiger partial charge in [-0.15, -0.1) is 0 Å². The Morgan fingerprint density at radius 1 is 1.20 bits per heavy atom. The molecule has 15 heavy (non-hydrogen) atoms. The van der Waals surface area contributed by atoms with Gasteiger partial charge >= 0.3 is 0 Å². The largest absolute Gasteiger partial charge is 0.371 e. The summed E-state index contributed by atoms with van der Waals surface area (Å²) in [7, 11) is 2.28. The number of hydrogen-bond acceptors (Lipinski definition) is 1. The van der Waals surface area contributed by atoms with Crippen LogP contribution < -0.4 is 4.90 Å². The Morgan fingerprint density at radius 2 is 1.93 bits per heavy atom. The zero-order valence-corrected chi connectivity index (χ0v) is 9.61. The molecule has 1 aromatic rings. The van der Waals surface area contributed by atoms with Crippen molar-refractivity contribution in [1.82, 2.24) is 0 Å². The Labute approximate surface area is 92.1 Å². The highest BCUT2D eigenvalue weighted by molar-refractivity contribution is 5.56. The minimum absolute atomic E-state index is 0.792. The lowest BCUT2D eigenvalue weighted by atomic mass is 9.85. The molecule has 2 atom stereocenters. The van der Waals surface area contributed by atoms with Gasteiger partial charge in [0.05, 0.1) is 0 Å². The van der Waals surface area contributed by atoms with E-state index < -0.39 is 0 Å². The summed E-state index contributed by atoms with van der Waals surface area (Å²) in [6, 6.07) is 9.67. The lowest BCUT2D eigenvalue weighted by molar-refractivity contribution is 0.381. The Balaban J connectivity index is 1.98. The smallest absolute Gasteiger partial charge is 0.0398 e. The molecule has 0 radical (unpaired) electrons. The predicted molar refractivity (Wildman–Crippen MR) is 64.2 cm³/mol. The number of benzene rings is 1. The van der Waals surface area contributed by atoms with Gasteiger partial charge in [-0.05, 0) is 42.7 Å². The fourth-order valence-corrected chi connectivity index (χ4v) is 3.26. The summed E-state index contributed by atoms with van der Waals surface area (Å²) >= 11 is 0. The van der Waals surface area contributed by atoms with Crippen molar-refractivity contribution in [2.24, 2.45) is 11.8 Å². The van der Waals surface area contributed by atoms with E-state index >= 15 is 0 Å². The van der Waals surface area contributed by atoms with Crippen molar-refractivity contribution in [3.63, 3.8) is 0 Å². The van der Waals surface area contributed by atoms with E-state index in [9.17, 15) is 0 Å². The molecule has 1 aliphatic carbocycles. The number of para-hydroxylation sites is 1. The molecule has 0 bridgehead atoms. The third kappa shape index (κ3) is 1.45. The van der Waals surface area contributed by atoms with E-state index in [2.05, 4.69) is 43.1 Å². The minimum atomic E-state index is 0.792. The van der Waals surface area contributed by atoms with Crippen molar-refractivity contribution < 1.29 is 0 Å². The van der Waals surface area contributed by atoms with Crippen LogP contribution in [-0.2, 0) is 6.42 Å². The van der Waals surface area contributed by atoms with Gasteiger partial charge in [0.15, 0.2) is 0 Å². The average Bonchev–Trinajstić information content (AvgIpc) is 3.02. The summed E-state index contributed by atoms with van der Waals surface area (Å²) in [6.45, 7) is 2.41. The van der Waals surface area contributed by atoms with Crippen LogP contribution in [0, 0.1) is 11.8 Å². The molecule has 3 rings (SSSR count). The van der Waals surface area contributed by atoms with Gasteiger partial charge in [0.1, 0.15) is 0 Å². The van der Waals surface area contributed by atoms with Crippen LogP contribution in [0.25, 0.3) is 0 Å². The molecule has 0 spiro atoms. The average molecular weight is 201 g/mol. The first-order valence-corrected chi connectivity index (χ1v) is 6.08. The Hall–Kier alpha value is -0.980. The number of rotatable bonds is 1. The molecular formula is C14H19N. The van der Waals surface area contributed by atoms with Gasteiger partial charge in [0.2, 0.25) is 0 Å². The number of fused-ring (bicyclic) bond motifs is 1. The third-order valence-corrected chi connectivity index (χ3v) is 4.05. The van der Waals surface area contributed by atoms with Crippen LogP contribution in [0.5, 0.6) is 0 Å². The molecule has 2 aliphatic rings. The lowest BCUT2D eigenvalue weighted by Crippen LogP contribution is -2.43. The standard InChI is InChI=1S/C14H19N/c1-10-9-12-5-3-4-6-13(12)15(2)14(10)11-7-8-11/h3-6,10-11,14H,7-9H2,1-2H3/t10?,14-/m1/s1. The van der Waals surface area contributed by atoms with Crippen LogP contribution in [0.1, 0.15) is 25.3 Å². The van der Waals surface area contributed by atoms with E-state index in [1.807, 2.05) is 0 Å². The SMILES string of the molecule is CC1Cc2ccccc2N(C)[C@H]1C1CC1. The van der Waals surface area contributed by atoms with E-state index in [-0.39, 0.29) is 0 Å². The van der Waals surface area contributed by atoms with Crippen molar-refractivity contribution in [2.75, 3.05) is 11.9 Å². The molecule has 0 amide bonds. The summed E-state index contributed by atoms with van der Waals surface area (Å²) < 4.78 is 0. The molecule has 0 aromatic heterocycles. The van der Waals surface area contributed by atoms with Crippen LogP contribution in [0.2, 0.25) is 0 Å². The Kier molecular flexibility index (Phi) is 2.01. The van der Waals surface area contributed by atoms with Gasteiger partial charge in [-0.3, -0.25) is 0 Å². The third-order valence-electron chi connectivity index (χ3n) is 4.05. The number of hydrogen-bond donors (Lipinski definition) is 0. The second kappa shape index (κ2) is 3.26. The predicted octanol–water partition coefficient (Wildman–Crippen LogP) is 3.09. The van der Waals surface area contributed by atoms with Gasteiger partial charge in [-0.25, -0.2) is 0 Å². The van der Waals surface area contributed by atoms with Crippen LogP contribution >= 0.6 is 0 Å². The zero-order chi connectivity index (χ0) is 10.4. The van der Waals surface area contributed by atoms with Crippen LogP contribution in [0.3, 0.4) is 0 Å². The Morgan fingerprint density at radius 3 is 2.67 bits per heavy atom. The fourth-order valence-electron chi connectivity index (χ4n) is 3.26. The van der Waals surface area contributed by atoms with Crippen molar-refractivity contribution in [3.8, 4) is 0 Å². The van der Waals surface area contributed by atoms with Crippen LogP contribution in [-0.4, -0.2) is 13.1 Å². The molecule has 1 nitrogen and oxygen atoms in total. The summed E-state index contributed by atoms with van der Waals surface area (Å²) in [5.74, 6) is 1.79. The summed E-state index contributed by atoms with van der Waals surface area (Å²) in [6.07, 6.45) is 4.16. The normalized spacial score (nSPS) is 30.1. The first-order valence-electron chi connectivity index (χ1n) is 6.08. The zero-order valence-electron chi connectivity index (χ0n) is 9.61. The maximum absolute atomic E-state index is 2.53. The first kappa shape index (κ1) is 9.26. The molecule has 0 saturated heterocycles. The minimum Gasteiger partial charge on any atom is -0.371 e. The summed E-state index contributed by atoms with van der Waals surface area (Å²) in [5, 5.41) is 0. The van der Waals surface area contributed by atoms with Gasteiger partial charge < -0.3 is 4.90 Å². The molecule has 1 heteroatoms. The second-order valence-electron chi connectivity index (χ2n) is 5.25. The van der Waals surface area contributed by atoms with E-state index in [1.54, 1.807) is 0 Å². The van der Waals surface area contributed by atoms with Crippen molar-refractivity contribution in [3.05, 3.63) is 29.8 Å². The van der Waals surface area contributed by atoms with Gasteiger partial charge in [0, 0.05) is 18.8 Å². The summed E-state index contributed by atoms with van der Waals surface area (Å²) in [5.41, 5.74) is 3.00. The van der Waals surface area contributed by atoms with E-state index in [0.29, 0.717) is 0 Å². The highest BCUT2D eigenvalue weighted by Crippen LogP contribution is 2.44. The molecular weight excluding hydrogens is 182 g/mol. The van der Waals surface area contributed by atoms with Gasteiger partial charge in [-0.1, -0.05) is 25.1 Å². The van der Waals surface area contributed by atoms with E-state index in [0.717, 1.165) is 17.9 Å². The lowest BCUT2D eigenvalue weighted by Gasteiger charge is -2.40. The molecule has 1 heterocycles. The molecule has 0 N–H and O–H groups in total. The molecule has 1 aliphatic heterocycles. The maximum atomic E-state index is 2.53. The van der Waals surface area contributed by atoms with E-state index in [1.165, 1.54) is 30.5 Å². The molecule has 1 saturated carbocycles. The van der Waals surface area contributed by atoms with Crippen molar-refractivity contribution >= 4 is 5.69 Å². The molecule has 1 unspecified atom stereocenters. The van der Waals surface area contributed by atoms with Gasteiger partial charge in [0.25, 0.3) is 0 Å². The summed E-state index contributed by atoms with van der Waals surface area (Å²) in [4.78, 5) is 2.53.